The van der Waals surface area contributed by atoms with E-state index in [0.29, 0.717) is 12.2 Å². The maximum atomic E-state index is 12.2. The molecule has 22 heavy (non-hydrogen) atoms. The molecule has 0 unspecified atom stereocenters. The zero-order valence-corrected chi connectivity index (χ0v) is 13.0. The first-order valence-electron chi connectivity index (χ1n) is 8.05. The van der Waals surface area contributed by atoms with Crippen molar-refractivity contribution in [2.24, 2.45) is 5.92 Å². The molecule has 5 nitrogen and oxygen atoms in total. The number of tetrazole rings is 1. The third kappa shape index (κ3) is 3.78. The van der Waals surface area contributed by atoms with Crippen molar-refractivity contribution in [3.63, 3.8) is 0 Å². The number of carbonyl (C=O) groups excluding carboxylic acids is 1. The highest BCUT2D eigenvalue weighted by atomic mass is 16.1. The van der Waals surface area contributed by atoms with Crippen LogP contribution in [0.15, 0.2) is 24.3 Å². The molecule has 2 aromatic rings. The Bertz CT molecular complexity index is 626. The Hall–Kier alpha value is -2.04. The Morgan fingerprint density at radius 3 is 2.64 bits per heavy atom. The first-order chi connectivity index (χ1) is 10.7. The van der Waals surface area contributed by atoms with Crippen molar-refractivity contribution in [3.8, 4) is 0 Å². The summed E-state index contributed by atoms with van der Waals surface area (Å²) < 4.78 is 0. The molecule has 1 aliphatic rings. The number of hydrogen-bond acceptors (Lipinski definition) is 4. The zero-order chi connectivity index (χ0) is 15.4. The Labute approximate surface area is 130 Å². The number of Topliss-reactive ketones (excluding diaryl/α,β-unsaturated/α-hetero) is 1. The van der Waals surface area contributed by atoms with Crippen LogP contribution in [0, 0.1) is 12.8 Å². The third-order valence-electron chi connectivity index (χ3n) is 4.33. The summed E-state index contributed by atoms with van der Waals surface area (Å²) in [5, 5.41) is 12.4. The fourth-order valence-electron chi connectivity index (χ4n) is 3.00. The summed E-state index contributed by atoms with van der Waals surface area (Å²) in [6, 6.07) is 8.30. The number of aromatic nitrogens is 4. The molecule has 0 aliphatic heterocycles. The second-order valence-corrected chi connectivity index (χ2v) is 6.20. The molecular weight excluding hydrogens is 276 g/mol. The lowest BCUT2D eigenvalue weighted by Gasteiger charge is -2.19. The molecule has 0 amide bonds. The van der Waals surface area contributed by atoms with Crippen molar-refractivity contribution in [3.05, 3.63) is 41.2 Å². The van der Waals surface area contributed by atoms with Crippen LogP contribution in [0.4, 0.5) is 0 Å². The van der Waals surface area contributed by atoms with E-state index in [-0.39, 0.29) is 18.2 Å². The smallest absolute Gasteiger partial charge is 0.179 e. The molecule has 3 rings (SSSR count). The average molecular weight is 298 g/mol. The minimum atomic E-state index is 0.195. The number of rotatable bonds is 5. The van der Waals surface area contributed by atoms with E-state index >= 15 is 0 Å². The van der Waals surface area contributed by atoms with E-state index in [1.54, 1.807) is 0 Å². The molecule has 5 heteroatoms. The summed E-state index contributed by atoms with van der Waals surface area (Å²) in [5.41, 5.74) is 2.39. The van der Waals surface area contributed by atoms with Gasteiger partial charge in [0.1, 0.15) is 6.54 Å². The van der Waals surface area contributed by atoms with Crippen LogP contribution in [-0.4, -0.2) is 26.0 Å². The monoisotopic (exact) mass is 298 g/mol. The van der Waals surface area contributed by atoms with Gasteiger partial charge >= 0.3 is 0 Å². The van der Waals surface area contributed by atoms with Crippen LogP contribution in [0.3, 0.4) is 0 Å². The highest BCUT2D eigenvalue weighted by Gasteiger charge is 2.22. The molecule has 116 valence electrons. The van der Waals surface area contributed by atoms with Crippen molar-refractivity contribution < 1.29 is 4.79 Å². The standard InChI is InChI=1S/C17H22N4O/c1-13-7-9-14(10-8-13)11-17-18-20-21(19-17)12-16(22)15-5-3-2-4-6-15/h7-10,15H,2-6,11-12H2,1H3. The zero-order valence-electron chi connectivity index (χ0n) is 13.0. The van der Waals surface area contributed by atoms with Crippen LogP contribution >= 0.6 is 0 Å². The molecule has 0 bridgehead atoms. The van der Waals surface area contributed by atoms with E-state index in [4.69, 9.17) is 0 Å². The molecule has 1 fully saturated rings. The largest absolute Gasteiger partial charge is 0.297 e. The van der Waals surface area contributed by atoms with Crippen molar-refractivity contribution in [1.82, 2.24) is 20.2 Å². The van der Waals surface area contributed by atoms with Crippen LogP contribution < -0.4 is 0 Å². The number of benzene rings is 1. The van der Waals surface area contributed by atoms with Gasteiger partial charge in [-0.3, -0.25) is 4.79 Å². The summed E-state index contributed by atoms with van der Waals surface area (Å²) in [7, 11) is 0. The second-order valence-electron chi connectivity index (χ2n) is 6.20. The molecule has 1 heterocycles. The SMILES string of the molecule is Cc1ccc(Cc2nnn(CC(=O)C3CCCCC3)n2)cc1. The van der Waals surface area contributed by atoms with Gasteiger partial charge in [0.25, 0.3) is 0 Å². The van der Waals surface area contributed by atoms with Gasteiger partial charge in [-0.15, -0.1) is 10.2 Å². The van der Waals surface area contributed by atoms with Gasteiger partial charge in [0.15, 0.2) is 11.6 Å². The van der Waals surface area contributed by atoms with E-state index < -0.39 is 0 Å². The van der Waals surface area contributed by atoms with Gasteiger partial charge in [0.05, 0.1) is 0 Å². The highest BCUT2D eigenvalue weighted by molar-refractivity contribution is 5.80. The van der Waals surface area contributed by atoms with E-state index in [1.807, 2.05) is 0 Å². The summed E-state index contributed by atoms with van der Waals surface area (Å²) >= 11 is 0. The van der Waals surface area contributed by atoms with E-state index in [2.05, 4.69) is 46.6 Å². The van der Waals surface area contributed by atoms with Crippen molar-refractivity contribution >= 4 is 5.78 Å². The number of hydrogen-bond donors (Lipinski definition) is 0. The molecule has 0 atom stereocenters. The molecule has 0 radical (unpaired) electrons. The molecule has 0 spiro atoms. The van der Waals surface area contributed by atoms with Gasteiger partial charge in [0, 0.05) is 12.3 Å². The van der Waals surface area contributed by atoms with Crippen LogP contribution in [0.25, 0.3) is 0 Å². The first-order valence-corrected chi connectivity index (χ1v) is 8.05. The number of ketones is 1. The second kappa shape index (κ2) is 6.81. The van der Waals surface area contributed by atoms with E-state index in [0.717, 1.165) is 18.4 Å². The first kappa shape index (κ1) is 14.9. The molecule has 0 N–H and O–H groups in total. The molecule has 1 aromatic carbocycles. The fourth-order valence-corrected chi connectivity index (χ4v) is 3.00. The lowest BCUT2D eigenvalue weighted by atomic mass is 9.86. The summed E-state index contributed by atoms with van der Waals surface area (Å²) in [4.78, 5) is 13.7. The predicted molar refractivity (Wildman–Crippen MR) is 83.4 cm³/mol. The van der Waals surface area contributed by atoms with E-state index in [1.165, 1.54) is 29.6 Å². The van der Waals surface area contributed by atoms with Crippen LogP contribution in [0.1, 0.15) is 49.1 Å². The average Bonchev–Trinajstić information content (AvgIpc) is 2.97. The van der Waals surface area contributed by atoms with Gasteiger partial charge < -0.3 is 0 Å². The molecule has 1 aromatic heterocycles. The minimum absolute atomic E-state index is 0.195. The summed E-state index contributed by atoms with van der Waals surface area (Å²) in [5.74, 6) is 1.11. The Balaban J connectivity index is 1.58. The molecular formula is C17H22N4O. The molecule has 1 aliphatic carbocycles. The van der Waals surface area contributed by atoms with Gasteiger partial charge in [-0.2, -0.15) is 4.80 Å². The van der Waals surface area contributed by atoms with Crippen molar-refractivity contribution in [2.75, 3.05) is 0 Å². The normalized spacial score (nSPS) is 15.9. The molecule has 1 saturated carbocycles. The maximum Gasteiger partial charge on any atom is 0.179 e. The third-order valence-corrected chi connectivity index (χ3v) is 4.33. The maximum absolute atomic E-state index is 12.2. The van der Waals surface area contributed by atoms with Crippen LogP contribution in [-0.2, 0) is 17.8 Å². The summed E-state index contributed by atoms with van der Waals surface area (Å²) in [6.45, 7) is 2.32. The van der Waals surface area contributed by atoms with Gasteiger partial charge in [-0.05, 0) is 30.5 Å². The van der Waals surface area contributed by atoms with Crippen molar-refractivity contribution in [1.29, 1.82) is 0 Å². The van der Waals surface area contributed by atoms with Gasteiger partial charge in [-0.1, -0.05) is 49.1 Å². The van der Waals surface area contributed by atoms with Crippen LogP contribution in [0.2, 0.25) is 0 Å². The van der Waals surface area contributed by atoms with E-state index in [9.17, 15) is 4.79 Å². The quantitative estimate of drug-likeness (QED) is 0.851. The fraction of sp³-hybridized carbons (Fsp3) is 0.529. The van der Waals surface area contributed by atoms with Crippen molar-refractivity contribution in [2.45, 2.75) is 52.0 Å². The summed E-state index contributed by atoms with van der Waals surface area (Å²) in [6.07, 6.45) is 6.27. The number of nitrogens with zero attached hydrogens (tertiary/aromatic N) is 4. The molecule has 0 saturated heterocycles. The number of carbonyl (C=O) groups is 1. The highest BCUT2D eigenvalue weighted by Crippen LogP contribution is 2.24. The van der Waals surface area contributed by atoms with Crippen LogP contribution in [0.5, 0.6) is 0 Å². The van der Waals surface area contributed by atoms with Gasteiger partial charge in [-0.25, -0.2) is 0 Å². The predicted octanol–water partition coefficient (Wildman–Crippen LogP) is 2.72. The van der Waals surface area contributed by atoms with Gasteiger partial charge in [0.2, 0.25) is 0 Å². The Morgan fingerprint density at radius 2 is 1.91 bits per heavy atom. The lowest BCUT2D eigenvalue weighted by molar-refractivity contribution is -0.124. The Morgan fingerprint density at radius 1 is 1.18 bits per heavy atom. The topological polar surface area (TPSA) is 60.7 Å². The Kier molecular flexibility index (Phi) is 4.61. The lowest BCUT2D eigenvalue weighted by Crippen LogP contribution is -2.23. The number of aryl methyl sites for hydroxylation is 1. The minimum Gasteiger partial charge on any atom is -0.297 e.